The Morgan fingerprint density at radius 1 is 1.38 bits per heavy atom. The van der Waals surface area contributed by atoms with Gasteiger partial charge < -0.3 is 4.90 Å². The Balaban J connectivity index is 2.25. The lowest BCUT2D eigenvalue weighted by molar-refractivity contribution is -0.132. The van der Waals surface area contributed by atoms with Gasteiger partial charge in [0, 0.05) is 36.6 Å². The molecule has 1 saturated heterocycles. The molecule has 1 aliphatic rings. The number of carbonyl (C=O) groups is 1. The Labute approximate surface area is 129 Å². The molecule has 21 heavy (non-hydrogen) atoms. The van der Waals surface area contributed by atoms with E-state index in [-0.39, 0.29) is 23.3 Å². The van der Waals surface area contributed by atoms with E-state index in [9.17, 15) is 22.0 Å². The van der Waals surface area contributed by atoms with E-state index in [1.54, 1.807) is 7.05 Å². The van der Waals surface area contributed by atoms with Crippen molar-refractivity contribution in [1.82, 2.24) is 9.62 Å². The number of nitrogens with one attached hydrogen (secondary N) is 1. The van der Waals surface area contributed by atoms with Crippen molar-refractivity contribution in [2.45, 2.75) is 23.8 Å². The third kappa shape index (κ3) is 3.58. The molecule has 1 heterocycles. The van der Waals surface area contributed by atoms with E-state index < -0.39 is 32.6 Å². The number of amides is 1. The van der Waals surface area contributed by atoms with Gasteiger partial charge in [0.25, 0.3) is 0 Å². The second-order valence-electron chi connectivity index (χ2n) is 4.83. The van der Waals surface area contributed by atoms with Gasteiger partial charge in [-0.15, -0.1) is 0 Å². The number of likely N-dealkylation sites (tertiary alicyclic amines) is 1. The summed E-state index contributed by atoms with van der Waals surface area (Å²) < 4.78 is 53.4. The monoisotopic (exact) mass is 382 g/mol. The highest BCUT2D eigenvalue weighted by Gasteiger charge is 2.30. The summed E-state index contributed by atoms with van der Waals surface area (Å²) in [7, 11) is -2.59. The summed E-state index contributed by atoms with van der Waals surface area (Å²) >= 11 is 2.86. The van der Waals surface area contributed by atoms with Crippen LogP contribution in [0.1, 0.15) is 12.8 Å². The molecule has 9 heteroatoms. The van der Waals surface area contributed by atoms with Crippen LogP contribution in [-0.4, -0.2) is 38.9 Å². The molecule has 1 aliphatic heterocycles. The van der Waals surface area contributed by atoms with Crippen LogP contribution >= 0.6 is 15.9 Å². The van der Waals surface area contributed by atoms with Crippen molar-refractivity contribution in [3.05, 3.63) is 28.2 Å². The van der Waals surface area contributed by atoms with E-state index in [1.807, 2.05) is 0 Å². The minimum Gasteiger partial charge on any atom is -0.344 e. The molecule has 1 aromatic carbocycles. The van der Waals surface area contributed by atoms with Crippen molar-refractivity contribution in [3.8, 4) is 0 Å². The maximum atomic E-state index is 13.7. The highest BCUT2D eigenvalue weighted by Crippen LogP contribution is 2.27. The van der Waals surface area contributed by atoms with Gasteiger partial charge in [0.2, 0.25) is 15.9 Å². The van der Waals surface area contributed by atoms with Crippen LogP contribution in [0.25, 0.3) is 0 Å². The lowest BCUT2D eigenvalue weighted by atomic mass is 10.1. The average molecular weight is 383 g/mol. The Bertz CT molecular complexity index is 658. The Hall–Kier alpha value is -1.06. The molecule has 0 bridgehead atoms. The largest absolute Gasteiger partial charge is 0.344 e. The molecule has 2 rings (SSSR count). The molecule has 0 saturated carbocycles. The molecule has 0 aliphatic carbocycles. The third-order valence-electron chi connectivity index (χ3n) is 3.18. The Morgan fingerprint density at radius 3 is 2.62 bits per heavy atom. The number of halogens is 3. The van der Waals surface area contributed by atoms with Gasteiger partial charge in [-0.3, -0.25) is 4.79 Å². The van der Waals surface area contributed by atoms with Gasteiger partial charge in [-0.2, -0.15) is 0 Å². The van der Waals surface area contributed by atoms with Gasteiger partial charge in [-0.1, -0.05) is 0 Å². The summed E-state index contributed by atoms with van der Waals surface area (Å²) in [4.78, 5) is 12.1. The van der Waals surface area contributed by atoms with Gasteiger partial charge in [0.05, 0.1) is 0 Å². The molecule has 116 valence electrons. The van der Waals surface area contributed by atoms with E-state index in [0.29, 0.717) is 12.5 Å². The van der Waals surface area contributed by atoms with Crippen molar-refractivity contribution in [3.63, 3.8) is 0 Å². The maximum absolute atomic E-state index is 13.7. The van der Waals surface area contributed by atoms with Crippen LogP contribution in [0, 0.1) is 11.6 Å². The number of nitrogens with zero attached hydrogens (tertiary/aromatic N) is 1. The Kier molecular flexibility index (Phi) is 4.64. The number of likely N-dealkylation sites (N-methyl/N-ethyl adjacent to an activating group) is 1. The summed E-state index contributed by atoms with van der Waals surface area (Å²) in [6.07, 6.45) is 0.555. The van der Waals surface area contributed by atoms with E-state index in [0.717, 1.165) is 6.07 Å². The number of hydrogen-bond acceptors (Lipinski definition) is 3. The zero-order chi connectivity index (χ0) is 15.8. The second-order valence-corrected chi connectivity index (χ2v) is 7.33. The van der Waals surface area contributed by atoms with Crippen LogP contribution < -0.4 is 4.72 Å². The SMILES string of the molecule is CN1CC(NS(=O)(=O)c2c(F)cc(F)cc2Br)CCC1=O. The number of piperidine rings is 1. The second kappa shape index (κ2) is 5.98. The maximum Gasteiger partial charge on any atom is 0.244 e. The zero-order valence-electron chi connectivity index (χ0n) is 11.1. The first-order valence-corrected chi connectivity index (χ1v) is 8.39. The van der Waals surface area contributed by atoms with Gasteiger partial charge in [0.15, 0.2) is 0 Å². The summed E-state index contributed by atoms with van der Waals surface area (Å²) in [5.41, 5.74) is 0. The number of rotatable bonds is 3. The molecule has 0 radical (unpaired) electrons. The standard InChI is InChI=1S/C12H13BrF2N2O3S/c1-17-6-8(2-3-11(17)18)16-21(19,20)12-9(13)4-7(14)5-10(12)15/h4-5,8,16H,2-3,6H2,1H3. The first-order chi connectivity index (χ1) is 9.70. The van der Waals surface area contributed by atoms with E-state index in [1.165, 1.54) is 4.90 Å². The molecule has 5 nitrogen and oxygen atoms in total. The van der Waals surface area contributed by atoms with E-state index in [4.69, 9.17) is 0 Å². The first-order valence-electron chi connectivity index (χ1n) is 6.11. The van der Waals surface area contributed by atoms with Crippen LogP contribution in [0.5, 0.6) is 0 Å². The number of hydrogen-bond donors (Lipinski definition) is 1. The van der Waals surface area contributed by atoms with Gasteiger partial charge >= 0.3 is 0 Å². The summed E-state index contributed by atoms with van der Waals surface area (Å²) in [5.74, 6) is -2.12. The zero-order valence-corrected chi connectivity index (χ0v) is 13.5. The van der Waals surface area contributed by atoms with Crippen LogP contribution in [0.15, 0.2) is 21.5 Å². The lowest BCUT2D eigenvalue weighted by Crippen LogP contribution is -2.48. The fourth-order valence-electron chi connectivity index (χ4n) is 2.17. The number of carbonyl (C=O) groups excluding carboxylic acids is 1. The Morgan fingerprint density at radius 2 is 2.05 bits per heavy atom. The average Bonchev–Trinajstić information content (AvgIpc) is 2.31. The quantitative estimate of drug-likeness (QED) is 0.863. The highest BCUT2D eigenvalue weighted by atomic mass is 79.9. The fourth-order valence-corrected chi connectivity index (χ4v) is 4.60. The molecule has 1 atom stereocenters. The summed E-state index contributed by atoms with van der Waals surface area (Å²) in [6, 6.07) is 0.887. The molecule has 1 N–H and O–H groups in total. The molecule has 0 spiro atoms. The molecular formula is C12H13BrF2N2O3S. The smallest absolute Gasteiger partial charge is 0.244 e. The van der Waals surface area contributed by atoms with Crippen molar-refractivity contribution in [2.75, 3.05) is 13.6 Å². The highest BCUT2D eigenvalue weighted by molar-refractivity contribution is 9.10. The predicted octanol–water partition coefficient (Wildman–Crippen LogP) is 1.63. The van der Waals surface area contributed by atoms with Crippen LogP contribution in [0.3, 0.4) is 0 Å². The van der Waals surface area contributed by atoms with Gasteiger partial charge in [-0.05, 0) is 28.4 Å². The van der Waals surface area contributed by atoms with Crippen molar-refractivity contribution in [1.29, 1.82) is 0 Å². The van der Waals surface area contributed by atoms with E-state index >= 15 is 0 Å². The molecular weight excluding hydrogens is 370 g/mol. The van der Waals surface area contributed by atoms with Gasteiger partial charge in [-0.25, -0.2) is 21.9 Å². The van der Waals surface area contributed by atoms with Crippen molar-refractivity contribution >= 4 is 31.9 Å². The topological polar surface area (TPSA) is 66.5 Å². The van der Waals surface area contributed by atoms with Crippen molar-refractivity contribution in [2.24, 2.45) is 0 Å². The van der Waals surface area contributed by atoms with Crippen molar-refractivity contribution < 1.29 is 22.0 Å². The predicted molar refractivity (Wildman–Crippen MR) is 75.0 cm³/mol. The molecule has 1 fully saturated rings. The first kappa shape index (κ1) is 16.3. The van der Waals surface area contributed by atoms with Crippen LogP contribution in [0.4, 0.5) is 8.78 Å². The third-order valence-corrected chi connectivity index (χ3v) is 5.66. The van der Waals surface area contributed by atoms with Crippen LogP contribution in [-0.2, 0) is 14.8 Å². The van der Waals surface area contributed by atoms with Crippen LogP contribution in [0.2, 0.25) is 0 Å². The van der Waals surface area contributed by atoms with E-state index in [2.05, 4.69) is 20.7 Å². The summed E-state index contributed by atoms with van der Waals surface area (Å²) in [5, 5.41) is 0. The number of benzene rings is 1. The molecule has 0 aromatic heterocycles. The molecule has 1 unspecified atom stereocenters. The normalized spacial score (nSPS) is 19.9. The molecule has 1 aromatic rings. The number of sulfonamides is 1. The lowest BCUT2D eigenvalue weighted by Gasteiger charge is -2.30. The summed E-state index contributed by atoms with van der Waals surface area (Å²) in [6.45, 7) is 0.207. The molecule has 1 amide bonds. The van der Waals surface area contributed by atoms with Gasteiger partial charge in [0.1, 0.15) is 16.5 Å². The fraction of sp³-hybridized carbons (Fsp3) is 0.417. The minimum atomic E-state index is -4.16. The minimum absolute atomic E-state index is 0.0698.